The van der Waals surface area contributed by atoms with Crippen LogP contribution in [0.25, 0.3) is 0 Å². The monoisotopic (exact) mass is 1050 g/mol. The number of aromatic nitrogens is 2. The third-order valence-electron chi connectivity index (χ3n) is 12.5. The maximum Gasteiger partial charge on any atom is 0.481 e. The van der Waals surface area contributed by atoms with Crippen LogP contribution in [0.2, 0.25) is 0 Å². The molecule has 2 aliphatic rings. The van der Waals surface area contributed by atoms with E-state index in [2.05, 4.69) is 23.1 Å². The molecule has 0 spiro atoms. The molecule has 3 rings (SSSR count). The van der Waals surface area contributed by atoms with Gasteiger partial charge in [0.2, 0.25) is 0 Å². The van der Waals surface area contributed by atoms with E-state index in [4.69, 9.17) is 29.0 Å². The van der Waals surface area contributed by atoms with Crippen LogP contribution in [0.4, 0.5) is 5.82 Å². The van der Waals surface area contributed by atoms with Gasteiger partial charge in [0.1, 0.15) is 30.9 Å². The summed E-state index contributed by atoms with van der Waals surface area (Å²) < 4.78 is 59.0. The molecule has 71 heavy (non-hydrogen) atoms. The number of phosphoric acid groups is 2. The number of carbonyl (C=O) groups is 2. The van der Waals surface area contributed by atoms with Gasteiger partial charge in [-0.05, 0) is 44.1 Å². The first kappa shape index (κ1) is 62.4. The van der Waals surface area contributed by atoms with Gasteiger partial charge in [-0.3, -0.25) is 23.2 Å². The van der Waals surface area contributed by atoms with Crippen molar-refractivity contribution in [2.75, 3.05) is 25.6 Å². The van der Waals surface area contributed by atoms with Crippen LogP contribution in [0.3, 0.4) is 0 Å². The van der Waals surface area contributed by atoms with E-state index in [0.717, 1.165) is 55.4 Å². The normalized spacial score (nSPS) is 31.1. The number of nitrogen functional groups attached to an aromatic ring is 1. The summed E-state index contributed by atoms with van der Waals surface area (Å²) in [5.74, 6) is -3.42. The third kappa shape index (κ3) is 24.8. The van der Waals surface area contributed by atoms with Gasteiger partial charge in [-0.15, -0.1) is 0 Å². The first-order valence-electron chi connectivity index (χ1n) is 25.5. The molecule has 0 saturated carbocycles. The Labute approximate surface area is 418 Å². The first-order valence-corrected chi connectivity index (χ1v) is 28.5. The minimum atomic E-state index is -5.70. The van der Waals surface area contributed by atoms with Crippen molar-refractivity contribution in [3.63, 3.8) is 0 Å². The number of cyclic esters (lactones) is 1. The minimum absolute atomic E-state index is 0.00258. The second kappa shape index (κ2) is 33.1. The van der Waals surface area contributed by atoms with Crippen LogP contribution >= 0.6 is 15.6 Å². The summed E-state index contributed by atoms with van der Waals surface area (Å²) in [7, 11) is -11.3. The summed E-state index contributed by atoms with van der Waals surface area (Å²) in [4.78, 5) is 64.2. The molecular formula is C48H83N3O18P2. The fraction of sp³-hybridized carbons (Fsp3) is 0.792. The number of unbranched alkanes of at least 4 members (excludes halogenated alkanes) is 11. The molecule has 2 bridgehead atoms. The van der Waals surface area contributed by atoms with Crippen molar-refractivity contribution in [3.05, 3.63) is 47.1 Å². The number of carbonyl (C=O) groups excluding carboxylic acids is 2. The lowest BCUT2D eigenvalue weighted by Crippen LogP contribution is -2.52. The van der Waals surface area contributed by atoms with Crippen LogP contribution in [-0.4, -0.2) is 119 Å². The summed E-state index contributed by atoms with van der Waals surface area (Å²) in [6.45, 7) is 3.75. The predicted molar refractivity (Wildman–Crippen MR) is 263 cm³/mol. The van der Waals surface area contributed by atoms with Crippen molar-refractivity contribution < 1.29 is 81.6 Å². The smallest absolute Gasteiger partial charge is 0.462 e. The lowest BCUT2D eigenvalue weighted by atomic mass is 9.82. The second-order valence-electron chi connectivity index (χ2n) is 19.1. The number of aliphatic hydroxyl groups excluding tert-OH is 5. The van der Waals surface area contributed by atoms with Gasteiger partial charge in [-0.1, -0.05) is 129 Å². The van der Waals surface area contributed by atoms with Crippen molar-refractivity contribution in [3.8, 4) is 0 Å². The Kier molecular flexibility index (Phi) is 29.1. The van der Waals surface area contributed by atoms with Crippen LogP contribution in [0.5, 0.6) is 0 Å². The molecule has 0 aromatic carbocycles. The zero-order chi connectivity index (χ0) is 52.4. The molecule has 0 radical (unpaired) electrons. The zero-order valence-corrected chi connectivity index (χ0v) is 43.6. The summed E-state index contributed by atoms with van der Waals surface area (Å²) in [6, 6.07) is 1.24. The molecular weight excluding hydrogens is 968 g/mol. The summed E-state index contributed by atoms with van der Waals surface area (Å²) >= 11 is 0. The van der Waals surface area contributed by atoms with E-state index >= 15 is 0 Å². The van der Waals surface area contributed by atoms with Crippen LogP contribution in [0.15, 0.2) is 41.4 Å². The highest BCUT2D eigenvalue weighted by Gasteiger charge is 2.45. The van der Waals surface area contributed by atoms with Crippen LogP contribution < -0.4 is 11.4 Å². The molecule has 21 nitrogen and oxygen atoms in total. The Bertz CT molecular complexity index is 1920. The van der Waals surface area contributed by atoms with E-state index in [1.54, 1.807) is 12.2 Å². The average molecular weight is 1050 g/mol. The largest absolute Gasteiger partial charge is 0.481 e. The molecule has 1 saturated heterocycles. The quantitative estimate of drug-likeness (QED) is 0.0283. The number of aliphatic hydroxyl groups is 5. The standard InChI is InChI=1S/C48H83N3O18P2/c1-4-5-16-22-35(52)26-27-37-39(53)30-40(54)38-23-18-14-15-19-24-43(55)64-31-36(67-44(56)25-20-13-11-9-7-6-8-10-12-17-21-34(2)3)32-65-70(60,61)69-71(62,63)66-33-41(46(58)45(37)57)68-47(38)51-29-28-42(49)50-48(51)59/h14,18,26-29,34-41,45-47,52-54,57-58H,4-13,15-17,19-25,30-33H2,1-3H3,(H,60,61)(H,62,63)(H2,49,50,59)/b18-14-,27-26+/t35-,36+,37-,38-,39+,40-,41+,45-,46+,47+/m0/s1. The zero-order valence-electron chi connectivity index (χ0n) is 41.8. The molecule has 408 valence electrons. The van der Waals surface area contributed by atoms with Crippen molar-refractivity contribution in [1.82, 2.24) is 9.55 Å². The minimum Gasteiger partial charge on any atom is -0.462 e. The highest BCUT2D eigenvalue weighted by atomic mass is 31.3. The van der Waals surface area contributed by atoms with Crippen molar-refractivity contribution in [2.24, 2.45) is 17.8 Å². The Morgan fingerprint density at radius 2 is 1.51 bits per heavy atom. The highest BCUT2D eigenvalue weighted by molar-refractivity contribution is 7.61. The number of rotatable bonds is 21. The number of nitrogens with two attached hydrogens (primary N) is 1. The van der Waals surface area contributed by atoms with Crippen LogP contribution in [-0.2, 0) is 46.3 Å². The lowest BCUT2D eigenvalue weighted by Gasteiger charge is -2.40. The molecule has 9 N–H and O–H groups in total. The van der Waals surface area contributed by atoms with Gasteiger partial charge in [0, 0.05) is 37.3 Å². The van der Waals surface area contributed by atoms with Crippen molar-refractivity contribution >= 4 is 33.4 Å². The fourth-order valence-electron chi connectivity index (χ4n) is 8.42. The summed E-state index contributed by atoms with van der Waals surface area (Å²) in [5, 5.41) is 57.4. The number of anilines is 1. The SMILES string of the molecule is CCCCC[C@H](O)/C=C/[C@@H]1[C@H](O)[C@H](O)[C@H]2COP(=O)(O)OP(=O)(O)OC[C@H](OC(=O)CCCCCCCCCCCCC(C)C)COC(=O)CCC/C=C\C[C@H]([C@H](n3ccc(N)nc3=O)O2)[C@@H](O)C[C@H]1O. The molecule has 3 heterocycles. The lowest BCUT2D eigenvalue weighted by molar-refractivity contribution is -0.194. The van der Waals surface area contributed by atoms with E-state index in [-0.39, 0.29) is 31.5 Å². The second-order valence-corrected chi connectivity index (χ2v) is 22.2. The Morgan fingerprint density at radius 1 is 0.873 bits per heavy atom. The van der Waals surface area contributed by atoms with E-state index < -0.39 is 120 Å². The summed E-state index contributed by atoms with van der Waals surface area (Å²) in [6.07, 6.45) is 8.25. The number of phosphoric ester groups is 2. The Morgan fingerprint density at radius 3 is 2.15 bits per heavy atom. The number of allylic oxidation sites excluding steroid dienone is 2. The third-order valence-corrected chi connectivity index (χ3v) is 15.1. The number of fused-ring (bicyclic) bond motifs is 3. The van der Waals surface area contributed by atoms with Crippen LogP contribution in [0.1, 0.15) is 162 Å². The molecule has 12 atom stereocenters. The maximum atomic E-state index is 13.4. The van der Waals surface area contributed by atoms with Gasteiger partial charge >= 0.3 is 33.3 Å². The molecule has 0 amide bonds. The van der Waals surface area contributed by atoms with Crippen molar-refractivity contribution in [1.29, 1.82) is 0 Å². The van der Waals surface area contributed by atoms with E-state index in [9.17, 15) is 58.8 Å². The van der Waals surface area contributed by atoms with Crippen LogP contribution in [0, 0.1) is 17.8 Å². The van der Waals surface area contributed by atoms with Gasteiger partial charge < -0.3 is 55.3 Å². The molecule has 1 aromatic rings. The van der Waals surface area contributed by atoms with Gasteiger partial charge in [0.15, 0.2) is 6.10 Å². The number of esters is 2. The number of hydrogen-bond donors (Lipinski definition) is 8. The van der Waals surface area contributed by atoms with Gasteiger partial charge in [0.25, 0.3) is 0 Å². The van der Waals surface area contributed by atoms with Crippen molar-refractivity contribution in [2.45, 2.75) is 205 Å². The molecule has 1 fully saturated rings. The molecule has 23 heteroatoms. The van der Waals surface area contributed by atoms with Gasteiger partial charge in [-0.2, -0.15) is 9.29 Å². The predicted octanol–water partition coefficient (Wildman–Crippen LogP) is 6.46. The fourth-order valence-corrected chi connectivity index (χ4v) is 10.5. The van der Waals surface area contributed by atoms with Gasteiger partial charge in [-0.25, -0.2) is 13.9 Å². The van der Waals surface area contributed by atoms with E-state index in [0.29, 0.717) is 25.7 Å². The number of nitrogens with zero attached hydrogens (tertiary/aromatic N) is 2. The maximum absolute atomic E-state index is 13.4. The number of ether oxygens (including phenoxy) is 3. The number of hydrogen-bond acceptors (Lipinski definition) is 18. The van der Waals surface area contributed by atoms with E-state index in [1.165, 1.54) is 56.5 Å². The van der Waals surface area contributed by atoms with E-state index in [1.807, 2.05) is 6.92 Å². The summed E-state index contributed by atoms with van der Waals surface area (Å²) in [5.41, 5.74) is 4.78. The molecule has 0 aliphatic carbocycles. The topological polar surface area (TPSA) is 326 Å². The molecule has 2 unspecified atom stereocenters. The molecule has 1 aromatic heterocycles. The molecule has 2 aliphatic heterocycles. The Balaban J connectivity index is 1.85. The average Bonchev–Trinajstić information content (AvgIpc) is 3.29. The first-order chi connectivity index (χ1) is 33.7. The van der Waals surface area contributed by atoms with Gasteiger partial charge in [0.05, 0.1) is 37.6 Å². The Hall–Kier alpha value is -2.88. The highest BCUT2D eigenvalue weighted by Crippen LogP contribution is 2.60.